The molecule has 4 aliphatic rings. The number of rotatable bonds is 3. The third-order valence-electron chi connectivity index (χ3n) is 9.15. The molecular weight excluding hydrogens is 440 g/mol. The monoisotopic (exact) mass is 472 g/mol. The normalized spacial score (nSPS) is 45.4. The largest absolute Gasteiger partial charge is 0.479 e. The van der Waals surface area contributed by atoms with Crippen LogP contribution in [0, 0.1) is 29.6 Å². The zero-order chi connectivity index (χ0) is 24.4. The van der Waals surface area contributed by atoms with E-state index in [0.717, 1.165) is 37.7 Å². The molecule has 0 radical (unpaired) electrons. The Kier molecular flexibility index (Phi) is 5.70. The zero-order valence-corrected chi connectivity index (χ0v) is 19.1. The van der Waals surface area contributed by atoms with E-state index >= 15 is 0 Å². The number of aliphatic hydroxyl groups is 4. The van der Waals surface area contributed by atoms with Gasteiger partial charge in [-0.05, 0) is 79.5 Å². The van der Waals surface area contributed by atoms with Crippen molar-refractivity contribution < 1.29 is 39.8 Å². The highest BCUT2D eigenvalue weighted by Crippen LogP contribution is 2.64. The van der Waals surface area contributed by atoms with Crippen molar-refractivity contribution in [2.45, 2.75) is 87.7 Å². The number of carbonyl (C=O) groups is 1. The van der Waals surface area contributed by atoms with Crippen molar-refractivity contribution in [1.29, 1.82) is 0 Å². The second-order valence-electron chi connectivity index (χ2n) is 10.6. The van der Waals surface area contributed by atoms with Crippen LogP contribution in [-0.2, 0) is 16.0 Å². The first-order valence-electron chi connectivity index (χ1n) is 12.0. The van der Waals surface area contributed by atoms with Crippen molar-refractivity contribution in [3.05, 3.63) is 29.3 Å². The van der Waals surface area contributed by atoms with Gasteiger partial charge >= 0.3 is 5.97 Å². The van der Waals surface area contributed by atoms with Crippen LogP contribution in [0.3, 0.4) is 0 Å². The van der Waals surface area contributed by atoms with Gasteiger partial charge in [0.1, 0.15) is 29.7 Å². The summed E-state index contributed by atoms with van der Waals surface area (Å²) in [6.45, 7) is 2.15. The molecular formula is C26H32O8. The highest BCUT2D eigenvalue weighted by atomic mass is 16.7. The van der Waals surface area contributed by atoms with Gasteiger partial charge < -0.3 is 35.0 Å². The molecule has 10 atom stereocenters. The number of aliphatic carboxylic acids is 1. The van der Waals surface area contributed by atoms with Crippen molar-refractivity contribution >= 4 is 5.97 Å². The van der Waals surface area contributed by atoms with E-state index < -0.39 is 42.3 Å². The summed E-state index contributed by atoms with van der Waals surface area (Å²) in [7, 11) is 0. The molecule has 2 saturated carbocycles. The molecule has 3 fully saturated rings. The van der Waals surface area contributed by atoms with Gasteiger partial charge in [-0.2, -0.15) is 0 Å². The molecule has 8 nitrogen and oxygen atoms in total. The first-order valence-corrected chi connectivity index (χ1v) is 12.0. The summed E-state index contributed by atoms with van der Waals surface area (Å²) in [6, 6.07) is 5.67. The molecule has 0 amide bonds. The number of benzene rings is 1. The van der Waals surface area contributed by atoms with Gasteiger partial charge in [-0.3, -0.25) is 0 Å². The van der Waals surface area contributed by atoms with Crippen LogP contribution in [0.5, 0.6) is 5.75 Å². The summed E-state index contributed by atoms with van der Waals surface area (Å²) in [6.07, 6.45) is 2.78. The van der Waals surface area contributed by atoms with E-state index in [1.807, 2.05) is 12.1 Å². The number of aliphatic hydroxyl groups excluding tert-OH is 3. The molecule has 0 bridgehead atoms. The smallest absolute Gasteiger partial charge is 0.335 e. The predicted octanol–water partition coefficient (Wildman–Crippen LogP) is 1.18. The Morgan fingerprint density at radius 2 is 1.91 bits per heavy atom. The third-order valence-corrected chi connectivity index (χ3v) is 9.15. The Labute approximate surface area is 198 Å². The maximum Gasteiger partial charge on any atom is 0.335 e. The number of ether oxygens (including phenoxy) is 2. The Bertz CT molecular complexity index is 1020. The van der Waals surface area contributed by atoms with Crippen molar-refractivity contribution in [2.24, 2.45) is 17.3 Å². The minimum atomic E-state index is -1.76. The lowest BCUT2D eigenvalue weighted by atomic mass is 9.53. The third kappa shape index (κ3) is 3.37. The Morgan fingerprint density at radius 1 is 1.15 bits per heavy atom. The van der Waals surface area contributed by atoms with Gasteiger partial charge in [-0.1, -0.05) is 18.9 Å². The SMILES string of the molecule is C#C[C@]1(O)CC[C@H]2[C@@H]3CCc4cc(O[C@@H]5O[C@H](C(=O)O)[C@@H](O)[C@H](O)[C@H]5O)ccc4[C@H]3CC[C@@]21C. The molecule has 0 unspecified atom stereocenters. The number of terminal acetylenes is 1. The van der Waals surface area contributed by atoms with Gasteiger partial charge in [0.15, 0.2) is 6.10 Å². The summed E-state index contributed by atoms with van der Waals surface area (Å²) in [4.78, 5) is 11.3. The molecule has 3 aliphatic carbocycles. The fourth-order valence-corrected chi connectivity index (χ4v) is 7.17. The molecule has 1 heterocycles. The molecule has 184 valence electrons. The topological polar surface area (TPSA) is 137 Å². The summed E-state index contributed by atoms with van der Waals surface area (Å²) < 4.78 is 11.0. The van der Waals surface area contributed by atoms with Crippen LogP contribution < -0.4 is 4.74 Å². The van der Waals surface area contributed by atoms with Crippen LogP contribution in [-0.4, -0.2) is 67.8 Å². The number of carboxylic acids is 1. The second kappa shape index (κ2) is 8.21. The summed E-state index contributed by atoms with van der Waals surface area (Å²) >= 11 is 0. The molecule has 1 aromatic carbocycles. The highest BCUT2D eigenvalue weighted by molar-refractivity contribution is 5.73. The van der Waals surface area contributed by atoms with Crippen LogP contribution in [0.25, 0.3) is 0 Å². The molecule has 8 heteroatoms. The van der Waals surface area contributed by atoms with Crippen molar-refractivity contribution in [2.75, 3.05) is 0 Å². The maximum absolute atomic E-state index is 11.3. The van der Waals surface area contributed by atoms with E-state index in [-0.39, 0.29) is 5.41 Å². The number of hydrogen-bond acceptors (Lipinski definition) is 7. The van der Waals surface area contributed by atoms with E-state index in [4.69, 9.17) is 15.9 Å². The number of aryl methyl sites for hydroxylation is 1. The van der Waals surface area contributed by atoms with Gasteiger partial charge in [0.2, 0.25) is 6.29 Å². The Balaban J connectivity index is 1.35. The van der Waals surface area contributed by atoms with Crippen LogP contribution in [0.2, 0.25) is 0 Å². The standard InChI is InChI=1S/C26H32O8/c1-3-26(32)11-9-18-17-6-4-13-12-14(5-7-15(13)16(17)8-10-25(18,26)2)33-24-21(29)19(27)20(28)22(34-24)23(30)31/h1,5,7,12,16-22,24,27-29,32H,4,6,8-11H2,2H3,(H,30,31)/t16-,17-,18+,19+,20+,21-,22+,24-,25+,26+/m1/s1. The predicted molar refractivity (Wildman–Crippen MR) is 120 cm³/mol. The average Bonchev–Trinajstić information content (AvgIpc) is 3.10. The van der Waals surface area contributed by atoms with Crippen molar-refractivity contribution in [3.8, 4) is 18.1 Å². The minimum Gasteiger partial charge on any atom is -0.479 e. The van der Waals surface area contributed by atoms with E-state index in [0.29, 0.717) is 29.9 Å². The van der Waals surface area contributed by atoms with Crippen LogP contribution in [0.15, 0.2) is 18.2 Å². The summed E-state index contributed by atoms with van der Waals surface area (Å²) in [5.41, 5.74) is 1.09. The lowest BCUT2D eigenvalue weighted by Gasteiger charge is -2.52. The number of carboxylic acid groups (broad SMARTS) is 1. The van der Waals surface area contributed by atoms with E-state index in [1.165, 1.54) is 5.56 Å². The highest BCUT2D eigenvalue weighted by Gasteiger charge is 2.61. The van der Waals surface area contributed by atoms with E-state index in [2.05, 4.69) is 12.8 Å². The molecule has 1 saturated heterocycles. The molecule has 5 rings (SSSR count). The van der Waals surface area contributed by atoms with Crippen LogP contribution in [0.1, 0.15) is 56.1 Å². The van der Waals surface area contributed by atoms with Gasteiger partial charge in [0.05, 0.1) is 0 Å². The fraction of sp³-hybridized carbons (Fsp3) is 0.654. The van der Waals surface area contributed by atoms with Crippen molar-refractivity contribution in [3.63, 3.8) is 0 Å². The Morgan fingerprint density at radius 3 is 2.62 bits per heavy atom. The molecule has 34 heavy (non-hydrogen) atoms. The second-order valence-corrected chi connectivity index (χ2v) is 10.6. The lowest BCUT2D eigenvalue weighted by Crippen LogP contribution is -2.61. The Hall–Kier alpha value is -2.15. The molecule has 5 N–H and O–H groups in total. The molecule has 0 aromatic heterocycles. The van der Waals surface area contributed by atoms with E-state index in [9.17, 15) is 30.3 Å². The van der Waals surface area contributed by atoms with Crippen molar-refractivity contribution in [1.82, 2.24) is 0 Å². The average molecular weight is 473 g/mol. The lowest BCUT2D eigenvalue weighted by molar-refractivity contribution is -0.271. The van der Waals surface area contributed by atoms with Crippen LogP contribution >= 0.6 is 0 Å². The number of fused-ring (bicyclic) bond motifs is 5. The zero-order valence-electron chi connectivity index (χ0n) is 19.1. The maximum atomic E-state index is 11.3. The van der Waals surface area contributed by atoms with Gasteiger partial charge in [-0.25, -0.2) is 4.79 Å². The first kappa shape index (κ1) is 23.6. The summed E-state index contributed by atoms with van der Waals surface area (Å²) in [5, 5.41) is 50.5. The van der Waals surface area contributed by atoms with Gasteiger partial charge in [0, 0.05) is 5.41 Å². The molecule has 1 aliphatic heterocycles. The summed E-state index contributed by atoms with van der Waals surface area (Å²) in [5.74, 6) is 2.86. The minimum absolute atomic E-state index is 0.260. The number of hydrogen-bond donors (Lipinski definition) is 5. The molecule has 1 aromatic rings. The molecule has 0 spiro atoms. The van der Waals surface area contributed by atoms with Crippen LogP contribution in [0.4, 0.5) is 0 Å². The van der Waals surface area contributed by atoms with Gasteiger partial charge in [0.25, 0.3) is 0 Å². The van der Waals surface area contributed by atoms with Gasteiger partial charge in [-0.15, -0.1) is 6.42 Å². The quantitative estimate of drug-likeness (QED) is 0.414. The fourth-order valence-electron chi connectivity index (χ4n) is 7.17. The van der Waals surface area contributed by atoms with E-state index in [1.54, 1.807) is 6.07 Å². The first-order chi connectivity index (χ1) is 16.1.